The van der Waals surface area contributed by atoms with E-state index in [1.807, 2.05) is 58.0 Å². The molecule has 5 heteroatoms. The van der Waals surface area contributed by atoms with Gasteiger partial charge in [-0.15, -0.1) is 0 Å². The second kappa shape index (κ2) is 7.66. The standard InChI is InChI=1S/C22H22O5/c1-13-6-5-7-14(2)22(13)26-12-21(24)25-11-17-10-20(23)27-19-9-16(4)15(3)8-18(17)19/h5-10H,11-12H2,1-4H3. The van der Waals surface area contributed by atoms with Gasteiger partial charge in [-0.1, -0.05) is 18.2 Å². The first-order chi connectivity index (χ1) is 12.8. The molecular weight excluding hydrogens is 344 g/mol. The molecule has 0 bridgehead atoms. The lowest BCUT2D eigenvalue weighted by Gasteiger charge is -2.12. The van der Waals surface area contributed by atoms with Crippen LogP contribution in [0.2, 0.25) is 0 Å². The molecule has 140 valence electrons. The molecule has 1 aromatic heterocycles. The first-order valence-electron chi connectivity index (χ1n) is 8.74. The average molecular weight is 366 g/mol. The van der Waals surface area contributed by atoms with E-state index < -0.39 is 11.6 Å². The van der Waals surface area contributed by atoms with E-state index in [0.29, 0.717) is 16.9 Å². The Hall–Kier alpha value is -3.08. The Morgan fingerprint density at radius 1 is 0.963 bits per heavy atom. The van der Waals surface area contributed by atoms with Gasteiger partial charge in [0, 0.05) is 17.0 Å². The van der Waals surface area contributed by atoms with Gasteiger partial charge >= 0.3 is 11.6 Å². The number of para-hydroxylation sites is 1. The van der Waals surface area contributed by atoms with Crippen LogP contribution in [-0.2, 0) is 16.1 Å². The molecule has 0 atom stereocenters. The van der Waals surface area contributed by atoms with Gasteiger partial charge in [0.1, 0.15) is 17.9 Å². The van der Waals surface area contributed by atoms with Gasteiger partial charge in [-0.3, -0.25) is 0 Å². The number of esters is 1. The molecule has 0 aliphatic carbocycles. The number of ether oxygens (including phenoxy) is 2. The van der Waals surface area contributed by atoms with Gasteiger partial charge in [-0.25, -0.2) is 9.59 Å². The van der Waals surface area contributed by atoms with Crippen LogP contribution in [0.5, 0.6) is 5.75 Å². The minimum absolute atomic E-state index is 0.0143. The fourth-order valence-corrected chi connectivity index (χ4v) is 2.96. The molecule has 0 aliphatic heterocycles. The van der Waals surface area contributed by atoms with Crippen LogP contribution < -0.4 is 10.4 Å². The number of fused-ring (bicyclic) bond motifs is 1. The molecule has 0 amide bonds. The second-order valence-electron chi connectivity index (χ2n) is 6.69. The molecular formula is C22H22O5. The molecule has 0 saturated heterocycles. The minimum atomic E-state index is -0.497. The maximum atomic E-state index is 12.1. The van der Waals surface area contributed by atoms with Crippen LogP contribution in [0.15, 0.2) is 45.6 Å². The molecule has 0 radical (unpaired) electrons. The van der Waals surface area contributed by atoms with Crippen LogP contribution in [-0.4, -0.2) is 12.6 Å². The van der Waals surface area contributed by atoms with Gasteiger partial charge in [0.15, 0.2) is 6.61 Å². The quantitative estimate of drug-likeness (QED) is 0.501. The first-order valence-corrected chi connectivity index (χ1v) is 8.74. The largest absolute Gasteiger partial charge is 0.481 e. The molecule has 3 aromatic rings. The Bertz CT molecular complexity index is 1040. The Kier molecular flexibility index (Phi) is 5.31. The van der Waals surface area contributed by atoms with Crippen LogP contribution in [0.4, 0.5) is 0 Å². The average Bonchev–Trinajstić information content (AvgIpc) is 2.60. The highest BCUT2D eigenvalue weighted by molar-refractivity contribution is 5.82. The summed E-state index contributed by atoms with van der Waals surface area (Å²) in [5.74, 6) is 0.189. The van der Waals surface area contributed by atoms with Crippen LogP contribution in [0, 0.1) is 27.7 Å². The Morgan fingerprint density at radius 2 is 1.63 bits per heavy atom. The van der Waals surface area contributed by atoms with Crippen molar-refractivity contribution in [2.45, 2.75) is 34.3 Å². The molecule has 0 N–H and O–H groups in total. The number of rotatable bonds is 5. The van der Waals surface area contributed by atoms with E-state index in [-0.39, 0.29) is 13.2 Å². The van der Waals surface area contributed by atoms with Crippen molar-refractivity contribution in [2.75, 3.05) is 6.61 Å². The summed E-state index contributed by atoms with van der Waals surface area (Å²) in [7, 11) is 0. The molecule has 0 fully saturated rings. The predicted molar refractivity (Wildman–Crippen MR) is 103 cm³/mol. The van der Waals surface area contributed by atoms with E-state index in [4.69, 9.17) is 13.9 Å². The van der Waals surface area contributed by atoms with E-state index in [1.54, 1.807) is 0 Å². The van der Waals surface area contributed by atoms with Gasteiger partial charge in [-0.05, 0) is 62.1 Å². The molecule has 5 nitrogen and oxygen atoms in total. The molecule has 3 rings (SSSR count). The van der Waals surface area contributed by atoms with Crippen molar-refractivity contribution < 1.29 is 18.7 Å². The zero-order chi connectivity index (χ0) is 19.6. The summed E-state index contributed by atoms with van der Waals surface area (Å²) < 4.78 is 16.2. The number of benzene rings is 2. The number of carbonyl (C=O) groups excluding carboxylic acids is 1. The van der Waals surface area contributed by atoms with Crippen LogP contribution in [0.1, 0.15) is 27.8 Å². The number of hydrogen-bond acceptors (Lipinski definition) is 5. The summed E-state index contributed by atoms with van der Waals surface area (Å²) >= 11 is 0. The summed E-state index contributed by atoms with van der Waals surface area (Å²) in [5.41, 5.74) is 4.65. The summed E-state index contributed by atoms with van der Waals surface area (Å²) in [5, 5.41) is 0.765. The number of aryl methyl sites for hydroxylation is 4. The second-order valence-corrected chi connectivity index (χ2v) is 6.69. The number of carbonyl (C=O) groups is 1. The molecule has 0 spiro atoms. The Balaban J connectivity index is 1.72. The number of hydrogen-bond donors (Lipinski definition) is 0. The maximum Gasteiger partial charge on any atom is 0.344 e. The van der Waals surface area contributed by atoms with E-state index in [9.17, 15) is 9.59 Å². The fraction of sp³-hybridized carbons (Fsp3) is 0.273. The highest BCUT2D eigenvalue weighted by Crippen LogP contribution is 2.23. The summed E-state index contributed by atoms with van der Waals surface area (Å²) in [6.45, 7) is 7.57. The highest BCUT2D eigenvalue weighted by Gasteiger charge is 2.12. The zero-order valence-electron chi connectivity index (χ0n) is 15.9. The van der Waals surface area contributed by atoms with Crippen molar-refractivity contribution in [3.8, 4) is 5.75 Å². The van der Waals surface area contributed by atoms with Crippen LogP contribution >= 0.6 is 0 Å². The molecule has 0 unspecified atom stereocenters. The van der Waals surface area contributed by atoms with Crippen molar-refractivity contribution in [3.63, 3.8) is 0 Å². The molecule has 27 heavy (non-hydrogen) atoms. The summed E-state index contributed by atoms with van der Waals surface area (Å²) in [4.78, 5) is 23.9. The van der Waals surface area contributed by atoms with E-state index in [1.165, 1.54) is 6.07 Å². The lowest BCUT2D eigenvalue weighted by molar-refractivity contribution is -0.147. The van der Waals surface area contributed by atoms with Crippen LogP contribution in [0.25, 0.3) is 11.0 Å². The van der Waals surface area contributed by atoms with Gasteiger partial charge in [0.25, 0.3) is 0 Å². The van der Waals surface area contributed by atoms with Gasteiger partial charge < -0.3 is 13.9 Å². The monoisotopic (exact) mass is 366 g/mol. The predicted octanol–water partition coefficient (Wildman–Crippen LogP) is 4.15. The summed E-state index contributed by atoms with van der Waals surface area (Å²) in [6, 6.07) is 10.9. The summed E-state index contributed by atoms with van der Waals surface area (Å²) in [6.07, 6.45) is 0. The SMILES string of the molecule is Cc1cc2oc(=O)cc(COC(=O)COc3c(C)cccc3C)c2cc1C. The van der Waals surface area contributed by atoms with Gasteiger partial charge in [-0.2, -0.15) is 0 Å². The third kappa shape index (κ3) is 4.19. The zero-order valence-corrected chi connectivity index (χ0v) is 15.9. The van der Waals surface area contributed by atoms with Crippen molar-refractivity contribution in [3.05, 3.63) is 74.6 Å². The van der Waals surface area contributed by atoms with Crippen LogP contribution in [0.3, 0.4) is 0 Å². The first kappa shape index (κ1) is 18.7. The Morgan fingerprint density at radius 3 is 2.33 bits per heavy atom. The Labute approximate surface area is 157 Å². The molecule has 0 saturated carbocycles. The topological polar surface area (TPSA) is 65.7 Å². The third-order valence-electron chi connectivity index (χ3n) is 4.58. The van der Waals surface area contributed by atoms with Crippen molar-refractivity contribution in [1.29, 1.82) is 0 Å². The van der Waals surface area contributed by atoms with Crippen molar-refractivity contribution >= 4 is 16.9 Å². The van der Waals surface area contributed by atoms with E-state index in [0.717, 1.165) is 27.6 Å². The minimum Gasteiger partial charge on any atom is -0.481 e. The van der Waals surface area contributed by atoms with Crippen molar-refractivity contribution in [1.82, 2.24) is 0 Å². The van der Waals surface area contributed by atoms with E-state index >= 15 is 0 Å². The normalized spacial score (nSPS) is 10.8. The van der Waals surface area contributed by atoms with Gasteiger partial charge in [0.2, 0.25) is 0 Å². The smallest absolute Gasteiger partial charge is 0.344 e. The molecule has 0 aliphatic rings. The lowest BCUT2D eigenvalue weighted by Crippen LogP contribution is -2.16. The maximum absolute atomic E-state index is 12.1. The molecule has 1 heterocycles. The lowest BCUT2D eigenvalue weighted by atomic mass is 10.0. The molecule has 2 aromatic carbocycles. The highest BCUT2D eigenvalue weighted by atomic mass is 16.6. The third-order valence-corrected chi connectivity index (χ3v) is 4.58. The van der Waals surface area contributed by atoms with Crippen molar-refractivity contribution in [2.24, 2.45) is 0 Å². The fourth-order valence-electron chi connectivity index (χ4n) is 2.96. The van der Waals surface area contributed by atoms with E-state index in [2.05, 4.69) is 0 Å². The van der Waals surface area contributed by atoms with Gasteiger partial charge in [0.05, 0.1) is 0 Å².